The first-order valence-electron chi connectivity index (χ1n) is 13.3. The van der Waals surface area contributed by atoms with E-state index in [4.69, 9.17) is 9.47 Å². The number of rotatable bonds is 6. The second-order valence-electron chi connectivity index (χ2n) is 10.4. The first-order chi connectivity index (χ1) is 19.4. The van der Waals surface area contributed by atoms with Crippen molar-refractivity contribution in [2.45, 2.75) is 19.8 Å². The van der Waals surface area contributed by atoms with E-state index >= 15 is 0 Å². The monoisotopic (exact) mass is 533 g/mol. The summed E-state index contributed by atoms with van der Waals surface area (Å²) in [6.07, 6.45) is 8.97. The summed E-state index contributed by atoms with van der Waals surface area (Å²) >= 11 is 0. The number of anilines is 1. The average Bonchev–Trinajstić information content (AvgIpc) is 3.26. The van der Waals surface area contributed by atoms with Crippen molar-refractivity contribution in [2.24, 2.45) is 23.7 Å². The number of carbonyl (C=O) groups is 4. The van der Waals surface area contributed by atoms with E-state index in [2.05, 4.69) is 12.2 Å². The maximum atomic E-state index is 13.1. The van der Waals surface area contributed by atoms with Crippen LogP contribution in [0, 0.1) is 30.6 Å². The summed E-state index contributed by atoms with van der Waals surface area (Å²) in [5.74, 6) is -0.889. The van der Waals surface area contributed by atoms with Crippen molar-refractivity contribution in [2.75, 3.05) is 4.90 Å². The van der Waals surface area contributed by atoms with Crippen LogP contribution in [0.3, 0.4) is 0 Å². The molecule has 1 aliphatic heterocycles. The zero-order chi connectivity index (χ0) is 27.8. The number of carbonyl (C=O) groups excluding carboxylic acids is 4. The number of imide groups is 1. The van der Waals surface area contributed by atoms with Crippen LogP contribution >= 0.6 is 0 Å². The van der Waals surface area contributed by atoms with Crippen LogP contribution in [0.4, 0.5) is 5.69 Å². The molecule has 7 nitrogen and oxygen atoms in total. The number of aryl methyl sites for hydroxylation is 1. The molecule has 2 amide bonds. The molecule has 3 aliphatic carbocycles. The minimum absolute atomic E-state index is 0.133. The Labute approximate surface area is 231 Å². The zero-order valence-electron chi connectivity index (χ0n) is 21.9. The number of allylic oxidation sites excluding steroid dienone is 2. The molecule has 2 bridgehead atoms. The van der Waals surface area contributed by atoms with Gasteiger partial charge in [-0.2, -0.15) is 0 Å². The zero-order valence-corrected chi connectivity index (χ0v) is 21.9. The molecule has 7 rings (SSSR count). The van der Waals surface area contributed by atoms with Gasteiger partial charge in [-0.15, -0.1) is 0 Å². The molecule has 4 unspecified atom stereocenters. The Balaban J connectivity index is 1.04. The van der Waals surface area contributed by atoms with Gasteiger partial charge in [0.1, 0.15) is 11.5 Å². The molecule has 0 spiro atoms. The van der Waals surface area contributed by atoms with Crippen molar-refractivity contribution in [3.05, 3.63) is 108 Å². The Hall–Kier alpha value is -4.78. The van der Waals surface area contributed by atoms with Gasteiger partial charge >= 0.3 is 11.9 Å². The number of fused-ring (bicyclic) bond motifs is 1. The highest BCUT2D eigenvalue weighted by atomic mass is 16.5. The fraction of sp³-hybridized carbons (Fsp3) is 0.212. The Morgan fingerprint density at radius 3 is 1.88 bits per heavy atom. The topological polar surface area (TPSA) is 90.0 Å². The van der Waals surface area contributed by atoms with Crippen molar-refractivity contribution < 1.29 is 28.7 Å². The number of hydrogen-bond donors (Lipinski definition) is 0. The van der Waals surface area contributed by atoms with Crippen LogP contribution < -0.4 is 14.4 Å². The van der Waals surface area contributed by atoms with Gasteiger partial charge in [-0.3, -0.25) is 14.5 Å². The van der Waals surface area contributed by atoms with Gasteiger partial charge in [-0.1, -0.05) is 42.0 Å². The van der Waals surface area contributed by atoms with E-state index in [0.717, 1.165) is 24.0 Å². The van der Waals surface area contributed by atoms with Crippen LogP contribution in [0.15, 0.2) is 91.0 Å². The van der Waals surface area contributed by atoms with E-state index in [1.807, 2.05) is 19.1 Å². The summed E-state index contributed by atoms with van der Waals surface area (Å²) in [6.45, 7) is 1.94. The quantitative estimate of drug-likeness (QED) is 0.136. The van der Waals surface area contributed by atoms with E-state index in [1.165, 1.54) is 11.0 Å². The summed E-state index contributed by atoms with van der Waals surface area (Å²) < 4.78 is 10.8. The molecule has 3 aromatic rings. The summed E-state index contributed by atoms with van der Waals surface area (Å²) in [7, 11) is 0. The molecule has 1 saturated heterocycles. The van der Waals surface area contributed by atoms with Gasteiger partial charge in [0.25, 0.3) is 0 Å². The number of nitrogens with zero attached hydrogens (tertiary/aromatic N) is 1. The molecule has 0 radical (unpaired) electrons. The molecule has 0 aromatic heterocycles. The number of benzene rings is 3. The predicted octanol–water partition coefficient (Wildman–Crippen LogP) is 5.53. The van der Waals surface area contributed by atoms with Gasteiger partial charge in [0, 0.05) is 6.08 Å². The Morgan fingerprint density at radius 2 is 1.30 bits per heavy atom. The number of amides is 2. The Bertz CT molecular complexity index is 1500. The number of hydrogen-bond acceptors (Lipinski definition) is 6. The van der Waals surface area contributed by atoms with Crippen LogP contribution in [-0.4, -0.2) is 23.8 Å². The molecule has 3 aromatic carbocycles. The molecule has 4 aliphatic rings. The molecule has 40 heavy (non-hydrogen) atoms. The van der Waals surface area contributed by atoms with Crippen molar-refractivity contribution in [1.82, 2.24) is 0 Å². The minimum atomic E-state index is -0.579. The molecule has 4 atom stereocenters. The molecule has 0 N–H and O–H groups in total. The van der Waals surface area contributed by atoms with Crippen molar-refractivity contribution in [3.63, 3.8) is 0 Å². The first kappa shape index (κ1) is 25.5. The predicted molar refractivity (Wildman–Crippen MR) is 149 cm³/mol. The van der Waals surface area contributed by atoms with Gasteiger partial charge in [-0.25, -0.2) is 9.59 Å². The highest BCUT2D eigenvalue weighted by molar-refractivity contribution is 6.22. The smallest absolute Gasteiger partial charge is 0.343 e. The third kappa shape index (κ3) is 4.86. The molecule has 1 saturated carbocycles. The fourth-order valence-electron chi connectivity index (χ4n) is 5.81. The van der Waals surface area contributed by atoms with E-state index in [1.54, 1.807) is 66.7 Å². The lowest BCUT2D eigenvalue weighted by Gasteiger charge is -2.38. The minimum Gasteiger partial charge on any atom is -0.423 e. The molecule has 1 heterocycles. The normalized spacial score (nSPS) is 23.0. The summed E-state index contributed by atoms with van der Waals surface area (Å²) in [6, 6.07) is 20.3. The molecular formula is C33H27NO6. The van der Waals surface area contributed by atoms with Gasteiger partial charge < -0.3 is 9.47 Å². The highest BCUT2D eigenvalue weighted by Gasteiger charge is 2.56. The molecular weight excluding hydrogens is 506 g/mol. The Morgan fingerprint density at radius 1 is 0.750 bits per heavy atom. The van der Waals surface area contributed by atoms with Crippen LogP contribution in [0.2, 0.25) is 0 Å². The summed E-state index contributed by atoms with van der Waals surface area (Å²) in [4.78, 5) is 52.2. The first-order valence-corrected chi connectivity index (χ1v) is 13.3. The van der Waals surface area contributed by atoms with E-state index in [9.17, 15) is 19.2 Å². The molecule has 7 heteroatoms. The maximum absolute atomic E-state index is 13.1. The van der Waals surface area contributed by atoms with Crippen LogP contribution in [0.1, 0.15) is 34.3 Å². The van der Waals surface area contributed by atoms with Crippen molar-refractivity contribution >= 4 is 35.5 Å². The standard InChI is InChI=1S/C33H27NO6/c1-20-2-7-24(8-3-20)33(38)40-27-15-4-21(5-16-27)6-19-28(35)39-26-17-13-25(14-18-26)34-31(36)29-22-9-10-23(12-11-22)30(29)32(34)37/h2-10,13-19,22-23,29-30H,11-12H2,1H3/b19-6+. The summed E-state index contributed by atoms with van der Waals surface area (Å²) in [5, 5.41) is 0. The number of ether oxygens (including phenoxy) is 2. The molecule has 200 valence electrons. The van der Waals surface area contributed by atoms with Crippen molar-refractivity contribution in [3.8, 4) is 11.5 Å². The van der Waals surface area contributed by atoms with Crippen LogP contribution in [0.25, 0.3) is 6.08 Å². The van der Waals surface area contributed by atoms with Crippen LogP contribution in [0.5, 0.6) is 11.5 Å². The maximum Gasteiger partial charge on any atom is 0.343 e. The van der Waals surface area contributed by atoms with Gasteiger partial charge in [0.2, 0.25) is 11.8 Å². The van der Waals surface area contributed by atoms with Crippen molar-refractivity contribution in [1.29, 1.82) is 0 Å². The SMILES string of the molecule is Cc1ccc(C(=O)Oc2ccc(/C=C/C(=O)Oc3ccc(N4C(=O)C5C6C=CC(CC6)C5C4=O)cc3)cc2)cc1. The lowest BCUT2D eigenvalue weighted by molar-refractivity contribution is -0.129. The van der Waals surface area contributed by atoms with Crippen LogP contribution in [-0.2, 0) is 14.4 Å². The van der Waals surface area contributed by atoms with E-state index in [-0.39, 0.29) is 35.5 Å². The largest absolute Gasteiger partial charge is 0.423 e. The second kappa shape index (κ2) is 10.4. The van der Waals surface area contributed by atoms with Gasteiger partial charge in [0.15, 0.2) is 0 Å². The number of esters is 2. The third-order valence-electron chi connectivity index (χ3n) is 7.86. The van der Waals surface area contributed by atoms with Gasteiger partial charge in [0.05, 0.1) is 23.1 Å². The molecule has 2 fully saturated rings. The fourth-order valence-corrected chi connectivity index (χ4v) is 5.81. The summed E-state index contributed by atoms with van der Waals surface area (Å²) in [5.41, 5.74) is 2.73. The van der Waals surface area contributed by atoms with Gasteiger partial charge in [-0.05, 0) is 91.8 Å². The second-order valence-corrected chi connectivity index (χ2v) is 10.4. The lowest BCUT2D eigenvalue weighted by Crippen LogP contribution is -2.38. The average molecular weight is 534 g/mol. The highest BCUT2D eigenvalue weighted by Crippen LogP contribution is 2.50. The van der Waals surface area contributed by atoms with E-state index < -0.39 is 11.9 Å². The third-order valence-corrected chi connectivity index (χ3v) is 7.86. The lowest BCUT2D eigenvalue weighted by atomic mass is 9.63. The van der Waals surface area contributed by atoms with E-state index in [0.29, 0.717) is 22.7 Å². The Kier molecular flexibility index (Phi) is 6.64.